The summed E-state index contributed by atoms with van der Waals surface area (Å²) in [4.78, 5) is 24.8. The largest absolute Gasteiger partial charge is 0.369 e. The number of nitrogens with two attached hydrogens (primary N) is 1. The maximum Gasteiger partial charge on any atom is 0.257 e. The Morgan fingerprint density at radius 3 is 2.57 bits per heavy atom. The van der Waals surface area contributed by atoms with Gasteiger partial charge >= 0.3 is 0 Å². The summed E-state index contributed by atoms with van der Waals surface area (Å²) in [5, 5.41) is 1.80. The average Bonchev–Trinajstić information content (AvgIpc) is 3.08. The zero-order valence-electron chi connectivity index (χ0n) is 21.0. The second-order valence-electron chi connectivity index (χ2n) is 11.3. The first-order valence-electron chi connectivity index (χ1n) is 13.6. The van der Waals surface area contributed by atoms with Crippen molar-refractivity contribution >= 4 is 34.4 Å². The molecule has 3 atom stereocenters. The van der Waals surface area contributed by atoms with E-state index < -0.39 is 5.54 Å². The summed E-state index contributed by atoms with van der Waals surface area (Å²) in [6, 6.07) is 10.2. The van der Waals surface area contributed by atoms with E-state index in [-0.39, 0.29) is 5.91 Å². The van der Waals surface area contributed by atoms with E-state index in [0.29, 0.717) is 22.8 Å². The zero-order valence-corrected chi connectivity index (χ0v) is 21.8. The molecule has 0 bridgehead atoms. The van der Waals surface area contributed by atoms with Gasteiger partial charge in [0.1, 0.15) is 5.54 Å². The molecule has 0 spiro atoms. The van der Waals surface area contributed by atoms with Gasteiger partial charge in [-0.2, -0.15) is 0 Å². The van der Waals surface area contributed by atoms with E-state index >= 15 is 0 Å². The average molecular weight is 495 g/mol. The van der Waals surface area contributed by atoms with Gasteiger partial charge in [-0.1, -0.05) is 81.2 Å². The van der Waals surface area contributed by atoms with Gasteiger partial charge in [-0.05, 0) is 62.0 Å². The monoisotopic (exact) mass is 494 g/mol. The fourth-order valence-corrected chi connectivity index (χ4v) is 7.11. The third kappa shape index (κ3) is 5.35. The molecule has 188 valence electrons. The molecule has 1 aromatic heterocycles. The lowest BCUT2D eigenvalue weighted by Gasteiger charge is -2.35. The van der Waals surface area contributed by atoms with E-state index in [0.717, 1.165) is 54.6 Å². The Morgan fingerprint density at radius 1 is 1.03 bits per heavy atom. The fraction of sp³-hybridized carbons (Fsp3) is 0.621. The highest BCUT2D eigenvalue weighted by Crippen LogP contribution is 2.42. The van der Waals surface area contributed by atoms with E-state index in [2.05, 4.69) is 18.2 Å². The van der Waals surface area contributed by atoms with Gasteiger partial charge in [-0.3, -0.25) is 14.7 Å². The number of para-hydroxylation sites is 1. The lowest BCUT2D eigenvalue weighted by atomic mass is 9.72. The summed E-state index contributed by atoms with van der Waals surface area (Å²) >= 11 is 6.41. The molecular weight excluding hydrogens is 456 g/mol. The van der Waals surface area contributed by atoms with Crippen molar-refractivity contribution in [1.82, 2.24) is 9.88 Å². The van der Waals surface area contributed by atoms with Gasteiger partial charge in [-0.25, -0.2) is 4.99 Å². The molecule has 0 radical (unpaired) electrons. The topological polar surface area (TPSA) is 71.6 Å². The normalized spacial score (nSPS) is 28.0. The third-order valence-corrected chi connectivity index (χ3v) is 9.12. The molecule has 5 rings (SSSR count). The van der Waals surface area contributed by atoms with Gasteiger partial charge in [0.05, 0.1) is 10.5 Å². The lowest BCUT2D eigenvalue weighted by molar-refractivity contribution is -0.131. The molecule has 1 aliphatic heterocycles. The Morgan fingerprint density at radius 2 is 1.80 bits per heavy atom. The van der Waals surface area contributed by atoms with Crippen LogP contribution < -0.4 is 5.73 Å². The molecule has 2 fully saturated rings. The molecule has 2 N–H and O–H groups in total. The quantitative estimate of drug-likeness (QED) is 0.476. The van der Waals surface area contributed by atoms with Crippen LogP contribution in [-0.4, -0.2) is 34.3 Å². The van der Waals surface area contributed by atoms with Crippen LogP contribution in [0.15, 0.2) is 35.3 Å². The summed E-state index contributed by atoms with van der Waals surface area (Å²) in [5.74, 6) is 2.31. The molecule has 2 heterocycles. The van der Waals surface area contributed by atoms with Crippen molar-refractivity contribution in [2.45, 2.75) is 89.0 Å². The summed E-state index contributed by atoms with van der Waals surface area (Å²) in [6.07, 6.45) is 15.1. The van der Waals surface area contributed by atoms with Gasteiger partial charge in [-0.15, -0.1) is 0 Å². The maximum atomic E-state index is 13.4. The van der Waals surface area contributed by atoms with Crippen molar-refractivity contribution in [3.8, 4) is 0 Å². The number of rotatable bonds is 7. The van der Waals surface area contributed by atoms with Crippen molar-refractivity contribution < 1.29 is 4.79 Å². The number of amides is 1. The third-order valence-electron chi connectivity index (χ3n) is 8.81. The van der Waals surface area contributed by atoms with Crippen LogP contribution in [-0.2, 0) is 11.2 Å². The molecule has 2 aliphatic carbocycles. The number of carbonyl (C=O) groups is 1. The van der Waals surface area contributed by atoms with Crippen molar-refractivity contribution in [2.75, 3.05) is 7.05 Å². The molecule has 2 aromatic rings. The van der Waals surface area contributed by atoms with Crippen molar-refractivity contribution in [3.63, 3.8) is 0 Å². The van der Waals surface area contributed by atoms with Crippen LogP contribution in [0.25, 0.3) is 10.9 Å². The van der Waals surface area contributed by atoms with E-state index in [1.165, 1.54) is 51.4 Å². The minimum atomic E-state index is -0.655. The first-order valence-corrected chi connectivity index (χ1v) is 14.0. The van der Waals surface area contributed by atoms with Crippen molar-refractivity contribution in [3.05, 3.63) is 41.0 Å². The number of hydrogen-bond acceptors (Lipinski definition) is 4. The van der Waals surface area contributed by atoms with Gasteiger partial charge in [0.15, 0.2) is 5.96 Å². The number of aromatic nitrogens is 1. The fourth-order valence-electron chi connectivity index (χ4n) is 6.89. The number of likely N-dealkylation sites (N-methyl/N-ethyl adjacent to an activating group) is 1. The van der Waals surface area contributed by atoms with Crippen LogP contribution in [0.3, 0.4) is 0 Å². The second-order valence-corrected chi connectivity index (χ2v) is 11.7. The van der Waals surface area contributed by atoms with Gasteiger partial charge in [0.25, 0.3) is 5.91 Å². The second kappa shape index (κ2) is 10.5. The van der Waals surface area contributed by atoms with Crippen molar-refractivity contribution in [2.24, 2.45) is 28.5 Å². The van der Waals surface area contributed by atoms with Crippen molar-refractivity contribution in [1.29, 1.82) is 0 Å². The van der Waals surface area contributed by atoms with Gasteiger partial charge < -0.3 is 5.73 Å². The van der Waals surface area contributed by atoms with Gasteiger partial charge in [0, 0.05) is 18.1 Å². The molecule has 0 saturated heterocycles. The van der Waals surface area contributed by atoms with Crippen LogP contribution in [0, 0.1) is 17.8 Å². The Hall–Kier alpha value is -2.14. The van der Waals surface area contributed by atoms with E-state index in [9.17, 15) is 4.79 Å². The van der Waals surface area contributed by atoms with Crippen LogP contribution in [0.2, 0.25) is 5.02 Å². The summed E-state index contributed by atoms with van der Waals surface area (Å²) in [6.45, 7) is 0. The smallest absolute Gasteiger partial charge is 0.257 e. The van der Waals surface area contributed by atoms with Crippen LogP contribution in [0.5, 0.6) is 0 Å². The highest BCUT2D eigenvalue weighted by Gasteiger charge is 2.48. The van der Waals surface area contributed by atoms with E-state index in [1.807, 2.05) is 12.1 Å². The molecule has 3 aliphatic rings. The number of halogens is 1. The standard InChI is InChI=1S/C29H39ClN4O/c1-34-27(35)29(33-28(34)31,16-15-20-7-3-2-4-8-20)19-22-10-5-9-21(17-22)18-24-14-13-23-11-6-12-25(30)26(23)32-24/h6,11-14,20-22H,2-5,7-10,15-19H2,1H3,(H2,31,33)/t21?,22-,29-/m0/s1. The Bertz CT molecular complexity index is 1100. The number of pyridine rings is 1. The first kappa shape index (κ1) is 24.5. The Labute approximate surface area is 214 Å². The van der Waals surface area contributed by atoms with Crippen LogP contribution in [0.1, 0.15) is 82.7 Å². The molecule has 2 saturated carbocycles. The number of aliphatic imine (C=N–C) groups is 1. The molecular formula is C29H39ClN4O. The molecule has 1 aromatic carbocycles. The highest BCUT2D eigenvalue weighted by atomic mass is 35.5. The molecule has 5 nitrogen and oxygen atoms in total. The SMILES string of the molecule is CN1C(=O)[C@](CCC2CCCCC2)(C[C@H]2CCCC(Cc3ccc4cccc(Cl)c4n3)C2)N=C1N. The predicted molar refractivity (Wildman–Crippen MR) is 143 cm³/mol. The van der Waals surface area contributed by atoms with Crippen LogP contribution in [0.4, 0.5) is 0 Å². The Kier molecular flexibility index (Phi) is 7.34. The minimum absolute atomic E-state index is 0.110. The van der Waals surface area contributed by atoms with E-state index in [1.54, 1.807) is 11.9 Å². The maximum absolute atomic E-state index is 13.4. The number of carbonyl (C=O) groups excluding carboxylic acids is 1. The number of hydrogen-bond donors (Lipinski definition) is 1. The Balaban J connectivity index is 1.27. The zero-order chi connectivity index (χ0) is 24.4. The van der Waals surface area contributed by atoms with Crippen LogP contribution >= 0.6 is 11.6 Å². The highest BCUT2D eigenvalue weighted by molar-refractivity contribution is 6.35. The number of fused-ring (bicyclic) bond motifs is 1. The summed E-state index contributed by atoms with van der Waals surface area (Å²) in [5.41, 5.74) is 7.53. The van der Waals surface area contributed by atoms with E-state index in [4.69, 9.17) is 27.3 Å². The number of benzene rings is 1. The molecule has 1 unspecified atom stereocenters. The summed E-state index contributed by atoms with van der Waals surface area (Å²) in [7, 11) is 1.78. The predicted octanol–water partition coefficient (Wildman–Crippen LogP) is 6.51. The number of nitrogens with zero attached hydrogens (tertiary/aromatic N) is 3. The first-order chi connectivity index (χ1) is 16.9. The lowest BCUT2D eigenvalue weighted by Crippen LogP contribution is -2.44. The molecule has 35 heavy (non-hydrogen) atoms. The van der Waals surface area contributed by atoms with Gasteiger partial charge in [0.2, 0.25) is 0 Å². The minimum Gasteiger partial charge on any atom is -0.369 e. The number of guanidine groups is 1. The summed E-state index contributed by atoms with van der Waals surface area (Å²) < 4.78 is 0. The molecule has 1 amide bonds. The molecule has 6 heteroatoms.